The molecule has 0 heterocycles. The summed E-state index contributed by atoms with van der Waals surface area (Å²) in [6, 6.07) is 16.5. The van der Waals surface area contributed by atoms with E-state index in [2.05, 4.69) is 33.2 Å². The van der Waals surface area contributed by atoms with Crippen LogP contribution in [0.4, 0.5) is 5.69 Å². The van der Waals surface area contributed by atoms with Crippen molar-refractivity contribution in [1.29, 1.82) is 0 Å². The Kier molecular flexibility index (Phi) is 5.74. The molecule has 0 aliphatic heterocycles. The van der Waals surface area contributed by atoms with Gasteiger partial charge in [0.25, 0.3) is 5.91 Å². The normalized spacial score (nSPS) is 9.95. The van der Waals surface area contributed by atoms with Crippen molar-refractivity contribution in [2.45, 2.75) is 6.42 Å². The van der Waals surface area contributed by atoms with Gasteiger partial charge in [-0.3, -0.25) is 9.59 Å². The van der Waals surface area contributed by atoms with Gasteiger partial charge in [0, 0.05) is 27.8 Å². The maximum absolute atomic E-state index is 11.8. The number of hydrogen-bond donors (Lipinski definition) is 2. The maximum Gasteiger partial charge on any atom is 0.251 e. The summed E-state index contributed by atoms with van der Waals surface area (Å²) in [6.45, 7) is 0.309. The highest BCUT2D eigenvalue weighted by Crippen LogP contribution is 2.11. The third kappa shape index (κ3) is 5.18. The topological polar surface area (TPSA) is 58.2 Å². The molecule has 0 fully saturated rings. The average Bonchev–Trinajstić information content (AvgIpc) is 2.50. The SMILES string of the molecule is O=C(CCNC(=O)c1ccccc1)Nc1ccc(I)cc1. The molecule has 0 aliphatic carbocycles. The fraction of sp³-hybridized carbons (Fsp3) is 0.125. The third-order valence-electron chi connectivity index (χ3n) is 2.80. The van der Waals surface area contributed by atoms with Crippen molar-refractivity contribution in [3.63, 3.8) is 0 Å². The molecular weight excluding hydrogens is 379 g/mol. The van der Waals surface area contributed by atoms with Crippen LogP contribution in [0.1, 0.15) is 16.8 Å². The molecule has 2 aromatic carbocycles. The summed E-state index contributed by atoms with van der Waals surface area (Å²) >= 11 is 2.21. The Balaban J connectivity index is 1.74. The first-order chi connectivity index (χ1) is 10.1. The van der Waals surface area contributed by atoms with Gasteiger partial charge in [0.15, 0.2) is 0 Å². The monoisotopic (exact) mass is 394 g/mol. The van der Waals surface area contributed by atoms with Crippen molar-refractivity contribution in [1.82, 2.24) is 5.32 Å². The fourth-order valence-corrected chi connectivity index (χ4v) is 2.10. The molecule has 0 saturated carbocycles. The van der Waals surface area contributed by atoms with Gasteiger partial charge >= 0.3 is 0 Å². The zero-order valence-corrected chi connectivity index (χ0v) is 13.5. The van der Waals surface area contributed by atoms with Crippen LogP contribution in [0, 0.1) is 3.57 Å². The third-order valence-corrected chi connectivity index (χ3v) is 3.52. The van der Waals surface area contributed by atoms with Crippen LogP contribution < -0.4 is 10.6 Å². The van der Waals surface area contributed by atoms with E-state index in [0.717, 1.165) is 9.26 Å². The lowest BCUT2D eigenvalue weighted by Gasteiger charge is -2.07. The smallest absolute Gasteiger partial charge is 0.251 e. The summed E-state index contributed by atoms with van der Waals surface area (Å²) in [7, 11) is 0. The molecule has 0 aromatic heterocycles. The summed E-state index contributed by atoms with van der Waals surface area (Å²) in [5, 5.41) is 5.51. The molecule has 0 radical (unpaired) electrons. The van der Waals surface area contributed by atoms with Crippen molar-refractivity contribution in [3.8, 4) is 0 Å². The van der Waals surface area contributed by atoms with Crippen LogP contribution >= 0.6 is 22.6 Å². The number of rotatable bonds is 5. The van der Waals surface area contributed by atoms with E-state index in [4.69, 9.17) is 0 Å². The molecule has 2 aromatic rings. The molecule has 0 unspecified atom stereocenters. The summed E-state index contributed by atoms with van der Waals surface area (Å²) < 4.78 is 1.11. The van der Waals surface area contributed by atoms with Gasteiger partial charge < -0.3 is 10.6 Å². The first-order valence-electron chi connectivity index (χ1n) is 6.54. The van der Waals surface area contributed by atoms with E-state index < -0.39 is 0 Å². The average molecular weight is 394 g/mol. The summed E-state index contributed by atoms with van der Waals surface area (Å²) in [5.74, 6) is -0.290. The molecule has 0 spiro atoms. The van der Waals surface area contributed by atoms with E-state index in [9.17, 15) is 9.59 Å². The van der Waals surface area contributed by atoms with Crippen LogP contribution in [-0.4, -0.2) is 18.4 Å². The van der Waals surface area contributed by atoms with Gasteiger partial charge in [0.1, 0.15) is 0 Å². The highest BCUT2D eigenvalue weighted by molar-refractivity contribution is 14.1. The minimum absolute atomic E-state index is 0.121. The van der Waals surface area contributed by atoms with Gasteiger partial charge in [-0.15, -0.1) is 0 Å². The second kappa shape index (κ2) is 7.78. The molecule has 108 valence electrons. The van der Waals surface area contributed by atoms with Gasteiger partial charge in [-0.2, -0.15) is 0 Å². The number of carbonyl (C=O) groups excluding carboxylic acids is 2. The Hall–Kier alpha value is -1.89. The van der Waals surface area contributed by atoms with Crippen LogP contribution in [0.15, 0.2) is 54.6 Å². The number of anilines is 1. The van der Waals surface area contributed by atoms with E-state index in [-0.39, 0.29) is 18.2 Å². The van der Waals surface area contributed by atoms with E-state index in [1.807, 2.05) is 30.3 Å². The van der Waals surface area contributed by atoms with Crippen LogP contribution in [-0.2, 0) is 4.79 Å². The van der Waals surface area contributed by atoms with Gasteiger partial charge in [0.05, 0.1) is 0 Å². The van der Waals surface area contributed by atoms with Crippen molar-refractivity contribution in [3.05, 3.63) is 63.7 Å². The van der Waals surface area contributed by atoms with Gasteiger partial charge in [-0.25, -0.2) is 0 Å². The molecule has 0 atom stereocenters. The molecule has 0 saturated heterocycles. The van der Waals surface area contributed by atoms with Crippen LogP contribution in [0.3, 0.4) is 0 Å². The number of benzene rings is 2. The maximum atomic E-state index is 11.8. The van der Waals surface area contributed by atoms with Crippen LogP contribution in [0.2, 0.25) is 0 Å². The summed E-state index contributed by atoms with van der Waals surface area (Å²) in [5.41, 5.74) is 1.35. The van der Waals surface area contributed by atoms with Crippen molar-refractivity contribution >= 4 is 40.1 Å². The van der Waals surface area contributed by atoms with Crippen molar-refractivity contribution in [2.75, 3.05) is 11.9 Å². The standard InChI is InChI=1S/C16H15IN2O2/c17-13-6-8-14(9-7-13)19-15(20)10-11-18-16(21)12-4-2-1-3-5-12/h1-9H,10-11H2,(H,18,21)(H,19,20). The first kappa shape index (κ1) is 15.5. The Morgan fingerprint density at radius 1 is 0.952 bits per heavy atom. The Morgan fingerprint density at radius 3 is 2.29 bits per heavy atom. The molecule has 0 bridgehead atoms. The number of carbonyl (C=O) groups is 2. The van der Waals surface area contributed by atoms with Crippen molar-refractivity contribution in [2.24, 2.45) is 0 Å². The van der Waals surface area contributed by atoms with E-state index in [1.54, 1.807) is 24.3 Å². The highest BCUT2D eigenvalue weighted by Gasteiger charge is 2.06. The molecule has 2 N–H and O–H groups in total. The van der Waals surface area contributed by atoms with E-state index in [1.165, 1.54) is 0 Å². The first-order valence-corrected chi connectivity index (χ1v) is 7.62. The molecule has 5 heteroatoms. The van der Waals surface area contributed by atoms with E-state index in [0.29, 0.717) is 12.1 Å². The lowest BCUT2D eigenvalue weighted by molar-refractivity contribution is -0.116. The summed E-state index contributed by atoms with van der Waals surface area (Å²) in [4.78, 5) is 23.5. The summed E-state index contributed by atoms with van der Waals surface area (Å²) in [6.07, 6.45) is 0.241. The van der Waals surface area contributed by atoms with Gasteiger partial charge in [0.2, 0.25) is 5.91 Å². The molecule has 2 rings (SSSR count). The minimum Gasteiger partial charge on any atom is -0.352 e. The quantitative estimate of drug-likeness (QED) is 0.767. The Morgan fingerprint density at radius 2 is 1.62 bits per heavy atom. The Bertz CT molecular complexity index is 612. The number of hydrogen-bond acceptors (Lipinski definition) is 2. The molecule has 21 heavy (non-hydrogen) atoms. The predicted molar refractivity (Wildman–Crippen MR) is 91.2 cm³/mol. The van der Waals surface area contributed by atoms with Crippen LogP contribution in [0.25, 0.3) is 0 Å². The number of amides is 2. The largest absolute Gasteiger partial charge is 0.352 e. The van der Waals surface area contributed by atoms with Gasteiger partial charge in [-0.05, 0) is 59.0 Å². The lowest BCUT2D eigenvalue weighted by Crippen LogP contribution is -2.27. The molecule has 0 aliphatic rings. The fourth-order valence-electron chi connectivity index (χ4n) is 1.74. The molecule has 2 amide bonds. The second-order valence-corrected chi connectivity index (χ2v) is 5.67. The minimum atomic E-state index is -0.169. The van der Waals surface area contributed by atoms with Gasteiger partial charge in [-0.1, -0.05) is 18.2 Å². The predicted octanol–water partition coefficient (Wildman–Crippen LogP) is 3.05. The van der Waals surface area contributed by atoms with Crippen LogP contribution in [0.5, 0.6) is 0 Å². The van der Waals surface area contributed by atoms with Crippen molar-refractivity contribution < 1.29 is 9.59 Å². The van der Waals surface area contributed by atoms with E-state index >= 15 is 0 Å². The zero-order valence-electron chi connectivity index (χ0n) is 11.3. The lowest BCUT2D eigenvalue weighted by atomic mass is 10.2. The number of nitrogens with one attached hydrogen (secondary N) is 2. The number of halogens is 1. The zero-order chi connectivity index (χ0) is 15.1. The molecule has 4 nitrogen and oxygen atoms in total. The second-order valence-electron chi connectivity index (χ2n) is 4.43. The highest BCUT2D eigenvalue weighted by atomic mass is 127. The Labute approximate surface area is 137 Å². The molecular formula is C16H15IN2O2.